The van der Waals surface area contributed by atoms with Crippen LogP contribution >= 0.6 is 68.0 Å². The van der Waals surface area contributed by atoms with Crippen molar-refractivity contribution in [3.8, 4) is 49.1 Å². The number of aliphatic hydroxyl groups excluding tert-OH is 2. The molecule has 24 nitrogen and oxygen atoms in total. The van der Waals surface area contributed by atoms with Crippen LogP contribution < -0.4 is 32.2 Å². The van der Waals surface area contributed by atoms with Gasteiger partial charge in [0.25, 0.3) is 23.6 Å². The number of amides is 6. The molecular formula is C57H51N13O11S6. The Kier molecular flexibility index (Phi) is 17.8. The summed E-state index contributed by atoms with van der Waals surface area (Å²) in [5.41, 5.74) is 14.2. The van der Waals surface area contributed by atoms with Crippen LogP contribution in [0.25, 0.3) is 43.4 Å². The van der Waals surface area contributed by atoms with Crippen LogP contribution in [0.4, 0.5) is 0 Å². The smallest absolute Gasteiger partial charge is 0.303 e. The van der Waals surface area contributed by atoms with Crippen LogP contribution in [-0.4, -0.2) is 122 Å². The molecule has 7 aromatic heterocycles. The number of nitrogens with zero attached hydrogens (tertiary/aromatic N) is 8. The molecule has 1 saturated heterocycles. The SMILES string of the molecule is Cc1sc2nc1C(=O)N[C@@H]([C@H](O)c1ccccc1)c1nc(cs1)C(=O)N[C@@H](Cc1ccc(OCCCC(=O)O)cc1)C(=O)N1C[C@H](O)[C@H](C)[C@@H]1c1nc(cs1)-c1nc(cs1)-c1nc(-c3nc(C(N)=O)cs3)ccc1-c1nc(cs1)C(=O)N[C@H]2CC(N)=O. The fourth-order valence-corrected chi connectivity index (χ4v) is 15.1. The van der Waals surface area contributed by atoms with Gasteiger partial charge in [-0.15, -0.1) is 68.0 Å². The number of thiazole rings is 6. The van der Waals surface area contributed by atoms with Crippen molar-refractivity contribution in [3.63, 3.8) is 0 Å². The van der Waals surface area contributed by atoms with Crippen molar-refractivity contribution in [2.45, 2.75) is 75.9 Å². The quantitative estimate of drug-likeness (QED) is 0.0542. The van der Waals surface area contributed by atoms with Crippen molar-refractivity contribution in [2.24, 2.45) is 17.4 Å². The zero-order valence-electron chi connectivity index (χ0n) is 45.8. The Labute approximate surface area is 518 Å². The Balaban J connectivity index is 1.00. The van der Waals surface area contributed by atoms with E-state index in [0.717, 1.165) is 45.3 Å². The van der Waals surface area contributed by atoms with Gasteiger partial charge in [-0.05, 0) is 48.7 Å². The van der Waals surface area contributed by atoms with Gasteiger partial charge in [0, 0.05) is 62.6 Å². The Morgan fingerprint density at radius 3 is 2.08 bits per heavy atom. The number of aryl methyl sites for hydroxylation is 1. The van der Waals surface area contributed by atoms with Crippen LogP contribution in [0.2, 0.25) is 0 Å². The van der Waals surface area contributed by atoms with Crippen LogP contribution in [0.3, 0.4) is 0 Å². The number of carboxylic acid groups (broad SMARTS) is 1. The van der Waals surface area contributed by atoms with Crippen LogP contribution in [0.5, 0.6) is 5.75 Å². The van der Waals surface area contributed by atoms with E-state index in [1.807, 2.05) is 6.92 Å². The van der Waals surface area contributed by atoms with Gasteiger partial charge in [0.05, 0.1) is 36.9 Å². The van der Waals surface area contributed by atoms with Crippen LogP contribution in [0.1, 0.15) is 123 Å². The minimum atomic E-state index is -1.42. The average Bonchev–Trinajstić information content (AvgIpc) is 2.14. The average molecular weight is 1290 g/mol. The molecule has 9 heterocycles. The number of carboxylic acids is 1. The molecule has 11 rings (SSSR count). The van der Waals surface area contributed by atoms with Crippen LogP contribution in [0.15, 0.2) is 93.6 Å². The van der Waals surface area contributed by atoms with Gasteiger partial charge >= 0.3 is 5.97 Å². The third-order valence-corrected chi connectivity index (χ3v) is 19.8. The molecule has 0 unspecified atom stereocenters. The normalized spacial score (nSPS) is 19.3. The molecular weight excluding hydrogens is 1240 g/mol. The number of hydrogen-bond acceptors (Lipinski definition) is 23. The number of ether oxygens (including phenoxy) is 1. The van der Waals surface area contributed by atoms with Gasteiger partial charge in [-0.3, -0.25) is 33.6 Å². The molecule has 1 fully saturated rings. The number of carbonyl (C=O) groups excluding carboxylic acids is 6. The highest BCUT2D eigenvalue weighted by molar-refractivity contribution is 7.15. The van der Waals surface area contributed by atoms with Crippen molar-refractivity contribution < 1.29 is 53.6 Å². The predicted molar refractivity (Wildman–Crippen MR) is 325 cm³/mol. The third-order valence-electron chi connectivity index (χ3n) is 14.3. The topological polar surface area (TPSA) is 371 Å². The summed E-state index contributed by atoms with van der Waals surface area (Å²) in [5.74, 6) is -5.25. The summed E-state index contributed by atoms with van der Waals surface area (Å²) in [5, 5.41) is 51.3. The molecule has 2 aliphatic heterocycles. The highest BCUT2D eigenvalue weighted by Crippen LogP contribution is 2.43. The highest BCUT2D eigenvalue weighted by atomic mass is 32.1. The lowest BCUT2D eigenvalue weighted by Gasteiger charge is -2.29. The highest BCUT2D eigenvalue weighted by Gasteiger charge is 2.45. The van der Waals surface area contributed by atoms with E-state index in [1.54, 1.807) is 84.4 Å². The minimum Gasteiger partial charge on any atom is -0.494 e. The van der Waals surface area contributed by atoms with Crippen molar-refractivity contribution in [1.29, 1.82) is 0 Å². The zero-order chi connectivity index (χ0) is 61.2. The fourth-order valence-electron chi connectivity index (χ4n) is 9.81. The fraction of sp³-hybridized carbons (Fsp3) is 0.263. The number of aliphatic hydroxyl groups is 2. The number of fused-ring (bicyclic) bond motifs is 16. The molecule has 0 spiro atoms. The predicted octanol–water partition coefficient (Wildman–Crippen LogP) is 6.93. The Morgan fingerprint density at radius 2 is 1.34 bits per heavy atom. The summed E-state index contributed by atoms with van der Waals surface area (Å²) in [4.78, 5) is 130. The molecule has 0 saturated carbocycles. The molecule has 2 aromatic carbocycles. The van der Waals surface area contributed by atoms with Gasteiger partial charge in [-0.1, -0.05) is 49.4 Å². The number of aliphatic carboxylic acids is 1. The molecule has 6 amide bonds. The number of carbonyl (C=O) groups is 7. The van der Waals surface area contributed by atoms with Crippen molar-refractivity contribution in [1.82, 2.24) is 55.7 Å². The van der Waals surface area contributed by atoms with Gasteiger partial charge in [-0.25, -0.2) is 34.9 Å². The molecule has 446 valence electrons. The minimum absolute atomic E-state index is 0.0268. The lowest BCUT2D eigenvalue weighted by Crippen LogP contribution is -2.50. The van der Waals surface area contributed by atoms with Gasteiger partial charge in [0.2, 0.25) is 11.8 Å². The van der Waals surface area contributed by atoms with E-state index in [0.29, 0.717) is 70.1 Å². The number of rotatable bonds is 13. The second-order valence-electron chi connectivity index (χ2n) is 20.3. The van der Waals surface area contributed by atoms with E-state index in [9.17, 15) is 39.0 Å². The van der Waals surface area contributed by atoms with Gasteiger partial charge in [0.1, 0.15) is 93.8 Å². The Morgan fingerprint density at radius 1 is 0.690 bits per heavy atom. The summed E-state index contributed by atoms with van der Waals surface area (Å²) < 4.78 is 5.77. The first-order valence-electron chi connectivity index (χ1n) is 26.8. The Hall–Kier alpha value is -8.62. The lowest BCUT2D eigenvalue weighted by atomic mass is 10.00. The van der Waals surface area contributed by atoms with E-state index in [-0.39, 0.29) is 65.2 Å². The largest absolute Gasteiger partial charge is 0.494 e. The number of nitrogens with one attached hydrogen (secondary N) is 3. The van der Waals surface area contributed by atoms with Crippen LogP contribution in [0, 0.1) is 12.8 Å². The molecule has 2 aliphatic rings. The summed E-state index contributed by atoms with van der Waals surface area (Å²) >= 11 is 6.84. The summed E-state index contributed by atoms with van der Waals surface area (Å²) in [6.07, 6.45) is -2.65. The number of nitrogens with two attached hydrogens (primary N) is 2. The van der Waals surface area contributed by atoms with Crippen LogP contribution in [-0.2, 0) is 20.8 Å². The number of hydrogen-bond donors (Lipinski definition) is 8. The molecule has 30 heteroatoms. The van der Waals surface area contributed by atoms with Gasteiger partial charge < -0.3 is 52.4 Å². The second kappa shape index (κ2) is 25.8. The number of aromatic nitrogens is 7. The third kappa shape index (κ3) is 13.2. The molecule has 87 heavy (non-hydrogen) atoms. The van der Waals surface area contributed by atoms with Crippen molar-refractivity contribution >= 4 is 109 Å². The first-order valence-corrected chi connectivity index (χ1v) is 32.0. The number of primary amides is 2. The number of pyridine rings is 1. The van der Waals surface area contributed by atoms with E-state index in [1.165, 1.54) is 43.7 Å². The monoisotopic (exact) mass is 1290 g/mol. The van der Waals surface area contributed by atoms with Crippen molar-refractivity contribution in [2.75, 3.05) is 13.2 Å². The molecule has 10 N–H and O–H groups in total. The standard InChI is InChI=1S/C57H51N13O11S6/c1-25-39(71)19-70-45(25)56-67-38(24-86-56)53-63-34(20-83-53)43-30(14-15-31(60-43)52-64-35(21-84-52)47(59)76)51-65-36(22-82-51)48(77)61-32(18-40(58)72)54-69-42(26(2)87-54)50(79)68-44(46(75)28-7-4-3-5-8-28)55-66-37(23-85-55)49(78)62-33(57(70)80)17-27-10-12-29(13-11-27)81-16-6-9-41(73)74/h3-5,7-8,10-15,20-25,32-33,39,44-46,71,75H,6,9,16-19H2,1-2H3,(H2,58,72)(H2,59,76)(H,61,77)(H,62,78)(H,68,79)(H,73,74)/t25-,32-,33-,39-,44-,45+,46+/m0/s1. The van der Waals surface area contributed by atoms with E-state index in [2.05, 4.69) is 30.9 Å². The molecule has 7 atom stereocenters. The zero-order valence-corrected chi connectivity index (χ0v) is 50.7. The molecule has 10 bridgehead atoms. The summed E-state index contributed by atoms with van der Waals surface area (Å²) in [6, 6.07) is 14.3. The Bertz CT molecular complexity index is 4090. The molecule has 9 aromatic rings. The van der Waals surface area contributed by atoms with Gasteiger partial charge in [0.15, 0.2) is 0 Å². The molecule has 0 aliphatic carbocycles. The van der Waals surface area contributed by atoms with E-state index < -0.39 is 90.1 Å². The summed E-state index contributed by atoms with van der Waals surface area (Å²) in [6.45, 7) is 3.49. The molecule has 0 radical (unpaired) electrons. The first kappa shape index (κ1) is 60.1. The second-order valence-corrected chi connectivity index (χ2v) is 25.8. The maximum Gasteiger partial charge on any atom is 0.303 e. The first-order chi connectivity index (χ1) is 41.8. The maximum absolute atomic E-state index is 15.3. The summed E-state index contributed by atoms with van der Waals surface area (Å²) in [7, 11) is 0. The lowest BCUT2D eigenvalue weighted by molar-refractivity contribution is -0.137. The number of benzene rings is 2. The maximum atomic E-state index is 15.3. The van der Waals surface area contributed by atoms with Crippen molar-refractivity contribution in [3.05, 3.63) is 147 Å². The van der Waals surface area contributed by atoms with E-state index in [4.69, 9.17) is 41.2 Å². The van der Waals surface area contributed by atoms with Gasteiger partial charge in [-0.2, -0.15) is 0 Å². The van der Waals surface area contributed by atoms with E-state index >= 15 is 4.79 Å².